The first-order valence-electron chi connectivity index (χ1n) is 9.91. The molecule has 0 aromatic carbocycles. The lowest BCUT2D eigenvalue weighted by Gasteiger charge is -2.18. The zero-order chi connectivity index (χ0) is 17.2. The molecule has 0 saturated heterocycles. The highest BCUT2D eigenvalue weighted by Gasteiger charge is 1.97. The van der Waals surface area contributed by atoms with Gasteiger partial charge in [-0.15, -0.1) is 0 Å². The highest BCUT2D eigenvalue weighted by Crippen LogP contribution is 2.17. The summed E-state index contributed by atoms with van der Waals surface area (Å²) in [5, 5.41) is 2.35. The molecule has 0 saturated carbocycles. The van der Waals surface area contributed by atoms with E-state index in [0.717, 1.165) is 12.8 Å². The van der Waals surface area contributed by atoms with E-state index in [1.807, 2.05) is 0 Å². The molecular formula is C18H40N2O2P-. The Labute approximate surface area is 144 Å². The number of hydrogen-bond acceptors (Lipinski definition) is 2. The van der Waals surface area contributed by atoms with Gasteiger partial charge < -0.3 is 9.46 Å². The van der Waals surface area contributed by atoms with Crippen molar-refractivity contribution in [2.24, 2.45) is 5.50 Å². The Morgan fingerprint density at radius 1 is 0.696 bits per heavy atom. The Kier molecular flexibility index (Phi) is 17.0. The molecule has 0 aliphatic heterocycles. The van der Waals surface area contributed by atoms with E-state index in [9.17, 15) is 9.46 Å². The molecule has 0 aliphatic rings. The van der Waals surface area contributed by atoms with Gasteiger partial charge in [-0.25, -0.2) is 0 Å². The molecule has 5 heteroatoms. The smallest absolute Gasteiger partial charge is 0.140 e. The third kappa shape index (κ3) is 22.1. The summed E-state index contributed by atoms with van der Waals surface area (Å²) in [4.78, 5) is 10.7. The highest BCUT2D eigenvalue weighted by atomic mass is 31.2. The molecule has 4 nitrogen and oxygen atoms in total. The molecular weight excluding hydrogens is 307 g/mol. The van der Waals surface area contributed by atoms with Gasteiger partial charge >= 0.3 is 0 Å². The molecule has 0 amide bonds. The molecule has 3 N–H and O–H groups in total. The number of nitrogens with one attached hydrogen (secondary N) is 1. The maximum Gasteiger partial charge on any atom is 0.140 e. The molecule has 0 fully saturated rings. The third-order valence-electron chi connectivity index (χ3n) is 4.36. The van der Waals surface area contributed by atoms with Crippen LogP contribution in [0, 0.1) is 0 Å². The predicted octanol–water partition coefficient (Wildman–Crippen LogP) is 5.26. The van der Waals surface area contributed by atoms with E-state index in [2.05, 4.69) is 12.0 Å². The monoisotopic (exact) mass is 347 g/mol. The second kappa shape index (κ2) is 17.0. The summed E-state index contributed by atoms with van der Waals surface area (Å²) in [7, 11) is -3.76. The van der Waals surface area contributed by atoms with Crippen LogP contribution in [0.1, 0.15) is 110 Å². The van der Waals surface area contributed by atoms with Crippen LogP contribution in [0.5, 0.6) is 0 Å². The van der Waals surface area contributed by atoms with Gasteiger partial charge in [0.1, 0.15) is 7.67 Å². The van der Waals surface area contributed by atoms with E-state index in [1.54, 1.807) is 0 Å². The highest BCUT2D eigenvalue weighted by molar-refractivity contribution is 7.51. The maximum absolute atomic E-state index is 10.7. The van der Waals surface area contributed by atoms with E-state index in [0.29, 0.717) is 6.54 Å². The average molecular weight is 348 g/mol. The van der Waals surface area contributed by atoms with Crippen LogP contribution in [0.15, 0.2) is 0 Å². The molecule has 23 heavy (non-hydrogen) atoms. The largest absolute Gasteiger partial charge is 0.776 e. The fourth-order valence-electron chi connectivity index (χ4n) is 2.91. The second-order valence-corrected chi connectivity index (χ2v) is 8.32. The summed E-state index contributed by atoms with van der Waals surface area (Å²) in [5.74, 6) is 0. The van der Waals surface area contributed by atoms with Gasteiger partial charge in [-0.2, -0.15) is 0 Å². The Morgan fingerprint density at radius 2 is 1.00 bits per heavy atom. The van der Waals surface area contributed by atoms with Crippen LogP contribution in [0.3, 0.4) is 0 Å². The van der Waals surface area contributed by atoms with Crippen LogP contribution >= 0.6 is 7.67 Å². The van der Waals surface area contributed by atoms with Crippen molar-refractivity contribution < 1.29 is 9.46 Å². The van der Waals surface area contributed by atoms with E-state index in [-0.39, 0.29) is 0 Å². The van der Waals surface area contributed by atoms with Gasteiger partial charge in [0.2, 0.25) is 0 Å². The topological polar surface area (TPSA) is 78.2 Å². The zero-order valence-corrected chi connectivity index (χ0v) is 16.3. The van der Waals surface area contributed by atoms with E-state index in [1.165, 1.54) is 89.9 Å². The van der Waals surface area contributed by atoms with Gasteiger partial charge in [0.25, 0.3) is 0 Å². The first-order valence-corrected chi connectivity index (χ1v) is 11.6. The minimum absolute atomic E-state index is 0.482. The summed E-state index contributed by atoms with van der Waals surface area (Å²) in [5.41, 5.74) is 4.89. The van der Waals surface area contributed by atoms with Crippen LogP contribution in [-0.4, -0.2) is 6.54 Å². The lowest BCUT2D eigenvalue weighted by Crippen LogP contribution is -2.25. The van der Waals surface area contributed by atoms with E-state index in [4.69, 9.17) is 5.50 Å². The molecule has 0 spiro atoms. The number of unbranched alkanes of at least 4 members (excludes halogenated alkanes) is 15. The van der Waals surface area contributed by atoms with Crippen LogP contribution in [-0.2, 0) is 4.57 Å². The molecule has 0 aromatic rings. The van der Waals surface area contributed by atoms with Gasteiger partial charge in [0, 0.05) is 6.54 Å². The van der Waals surface area contributed by atoms with Crippen molar-refractivity contribution in [3.8, 4) is 0 Å². The molecule has 0 aliphatic carbocycles. The van der Waals surface area contributed by atoms with Gasteiger partial charge in [-0.3, -0.25) is 10.6 Å². The molecule has 0 bridgehead atoms. The standard InChI is InChI=1S/C18H41N2O2P/c1-2-3-4-5-6-7-8-9-10-11-12-13-14-15-16-17-18-20-23(19,21)22/h2-18H2,1H3,(H4,19,20,21,22)/p-1. The molecule has 1 unspecified atom stereocenters. The minimum Gasteiger partial charge on any atom is -0.776 e. The Bertz CT molecular complexity index is 282. The SMILES string of the molecule is CCCCCCCCCCCCCCCCCCNP(N)(=O)[O-]. The molecule has 140 valence electrons. The van der Waals surface area contributed by atoms with Crippen LogP contribution in [0.4, 0.5) is 0 Å². The minimum atomic E-state index is -3.76. The molecule has 0 radical (unpaired) electrons. The Morgan fingerprint density at radius 3 is 1.30 bits per heavy atom. The van der Waals surface area contributed by atoms with Gasteiger partial charge in [-0.05, 0) is 6.42 Å². The molecule has 1 atom stereocenters. The quantitative estimate of drug-likeness (QED) is 0.262. The Balaban J connectivity index is 3.01. The van der Waals surface area contributed by atoms with Crippen molar-refractivity contribution >= 4 is 7.67 Å². The van der Waals surface area contributed by atoms with Crippen molar-refractivity contribution in [1.82, 2.24) is 5.09 Å². The van der Waals surface area contributed by atoms with Crippen LogP contribution in [0.2, 0.25) is 0 Å². The summed E-state index contributed by atoms with van der Waals surface area (Å²) in [6, 6.07) is 0. The van der Waals surface area contributed by atoms with Crippen molar-refractivity contribution in [3.05, 3.63) is 0 Å². The van der Waals surface area contributed by atoms with Gasteiger partial charge in [0.05, 0.1) is 0 Å². The normalized spacial score (nSPS) is 14.0. The first kappa shape index (κ1) is 23.1. The number of hydrogen-bond donors (Lipinski definition) is 2. The van der Waals surface area contributed by atoms with Crippen LogP contribution < -0.4 is 15.5 Å². The lowest BCUT2D eigenvalue weighted by molar-refractivity contribution is -0.178. The number of rotatable bonds is 18. The first-order chi connectivity index (χ1) is 11.1. The van der Waals surface area contributed by atoms with Gasteiger partial charge in [0.15, 0.2) is 0 Å². The summed E-state index contributed by atoms with van der Waals surface area (Å²) in [6.07, 6.45) is 21.2. The van der Waals surface area contributed by atoms with Crippen molar-refractivity contribution in [2.45, 2.75) is 110 Å². The average Bonchev–Trinajstić information content (AvgIpc) is 2.49. The van der Waals surface area contributed by atoms with Crippen molar-refractivity contribution in [3.63, 3.8) is 0 Å². The fraction of sp³-hybridized carbons (Fsp3) is 1.00. The lowest BCUT2D eigenvalue weighted by atomic mass is 10.0. The molecule has 0 heterocycles. The number of nitrogens with two attached hydrogens (primary N) is 1. The Hall–Kier alpha value is 0.110. The van der Waals surface area contributed by atoms with E-state index < -0.39 is 7.67 Å². The maximum atomic E-state index is 10.7. The molecule has 0 aromatic heterocycles. The zero-order valence-electron chi connectivity index (χ0n) is 15.4. The van der Waals surface area contributed by atoms with Crippen LogP contribution in [0.25, 0.3) is 0 Å². The van der Waals surface area contributed by atoms with Crippen molar-refractivity contribution in [1.29, 1.82) is 0 Å². The summed E-state index contributed by atoms with van der Waals surface area (Å²) < 4.78 is 10.7. The third-order valence-corrected chi connectivity index (χ3v) is 5.03. The summed E-state index contributed by atoms with van der Waals surface area (Å²) in [6.45, 7) is 2.75. The fourth-order valence-corrected chi connectivity index (χ4v) is 3.38. The van der Waals surface area contributed by atoms with E-state index >= 15 is 0 Å². The summed E-state index contributed by atoms with van der Waals surface area (Å²) >= 11 is 0. The second-order valence-electron chi connectivity index (χ2n) is 6.81. The van der Waals surface area contributed by atoms with Gasteiger partial charge in [-0.1, -0.05) is 103 Å². The van der Waals surface area contributed by atoms with Crippen molar-refractivity contribution in [2.75, 3.05) is 6.54 Å². The predicted molar refractivity (Wildman–Crippen MR) is 99.3 cm³/mol. The molecule has 0 rings (SSSR count).